The lowest BCUT2D eigenvalue weighted by molar-refractivity contribution is -0.111. The Morgan fingerprint density at radius 1 is 1.15 bits per heavy atom. The molecule has 0 saturated carbocycles. The van der Waals surface area contributed by atoms with Crippen LogP contribution in [-0.2, 0) is 17.3 Å². The quantitative estimate of drug-likeness (QED) is 0.359. The molecule has 2 heterocycles. The molecule has 2 aromatic heterocycles. The molecule has 7 heteroatoms. The van der Waals surface area contributed by atoms with Crippen LogP contribution in [0.5, 0.6) is 5.75 Å². The smallest absolute Gasteiger partial charge is 0.247 e. The van der Waals surface area contributed by atoms with E-state index in [1.165, 1.54) is 6.08 Å². The number of aryl methyl sites for hydroxylation is 1. The number of rotatable bonds is 6. The number of nitrogens with one attached hydrogen (secondary N) is 2. The highest BCUT2D eigenvalue weighted by molar-refractivity contribution is 6.00. The molecule has 34 heavy (non-hydrogen) atoms. The van der Waals surface area contributed by atoms with Crippen molar-refractivity contribution in [3.8, 4) is 17.0 Å². The highest BCUT2D eigenvalue weighted by atomic mass is 16.5. The van der Waals surface area contributed by atoms with Gasteiger partial charge in [0.25, 0.3) is 0 Å². The molecule has 0 aliphatic carbocycles. The summed E-state index contributed by atoms with van der Waals surface area (Å²) >= 11 is 0. The first-order valence-corrected chi connectivity index (χ1v) is 11.0. The first-order chi connectivity index (χ1) is 16.2. The van der Waals surface area contributed by atoms with Crippen molar-refractivity contribution in [1.29, 1.82) is 0 Å². The van der Waals surface area contributed by atoms with Crippen molar-refractivity contribution in [2.24, 2.45) is 7.05 Å². The lowest BCUT2D eigenvalue weighted by atomic mass is 9.85. The molecule has 0 aliphatic heterocycles. The Balaban J connectivity index is 1.76. The molecule has 1 amide bonds. The number of aromatic nitrogens is 3. The average molecular weight is 456 g/mol. The Labute approximate surface area is 199 Å². The van der Waals surface area contributed by atoms with E-state index >= 15 is 0 Å². The number of amides is 1. The number of carbonyl (C=O) groups excluding carboxylic acids is 1. The van der Waals surface area contributed by atoms with Gasteiger partial charge in [-0.2, -0.15) is 0 Å². The van der Waals surface area contributed by atoms with Gasteiger partial charge in [-0.25, -0.2) is 9.97 Å². The van der Waals surface area contributed by atoms with E-state index in [1.54, 1.807) is 13.3 Å². The third kappa shape index (κ3) is 4.50. The minimum Gasteiger partial charge on any atom is -0.495 e. The van der Waals surface area contributed by atoms with Gasteiger partial charge in [-0.1, -0.05) is 45.5 Å². The van der Waals surface area contributed by atoms with Gasteiger partial charge in [-0.15, -0.1) is 0 Å². The summed E-state index contributed by atoms with van der Waals surface area (Å²) in [5, 5.41) is 7.30. The molecule has 0 atom stereocenters. The highest BCUT2D eigenvalue weighted by Gasteiger charge is 2.22. The molecule has 0 aliphatic rings. The zero-order valence-corrected chi connectivity index (χ0v) is 20.1. The van der Waals surface area contributed by atoms with Crippen molar-refractivity contribution in [2.45, 2.75) is 26.2 Å². The summed E-state index contributed by atoms with van der Waals surface area (Å²) in [7, 11) is 3.63. The van der Waals surface area contributed by atoms with E-state index in [2.05, 4.69) is 65.9 Å². The predicted octanol–water partition coefficient (Wildman–Crippen LogP) is 5.81. The standard InChI is InChI=1S/C27H29N5O2/c1-7-25(33)29-21-15-22(24(34-6)14-19(21)27(2,3)4)31-26-28-13-12-20(30-26)18-16-32(5)23-11-9-8-10-17(18)23/h7-16H,1H2,2-6H3,(H,29,33)(H,28,30,31). The average Bonchev–Trinajstić information content (AvgIpc) is 3.15. The Kier molecular flexibility index (Phi) is 6.11. The molecule has 0 bridgehead atoms. The third-order valence-corrected chi connectivity index (χ3v) is 5.67. The monoisotopic (exact) mass is 455 g/mol. The molecule has 0 saturated heterocycles. The maximum absolute atomic E-state index is 12.1. The zero-order valence-electron chi connectivity index (χ0n) is 20.1. The molecular weight excluding hydrogens is 426 g/mol. The maximum Gasteiger partial charge on any atom is 0.247 e. The van der Waals surface area contributed by atoms with E-state index in [9.17, 15) is 4.79 Å². The van der Waals surface area contributed by atoms with Crippen molar-refractivity contribution in [1.82, 2.24) is 14.5 Å². The van der Waals surface area contributed by atoms with E-state index in [4.69, 9.17) is 9.72 Å². The number of ether oxygens (including phenoxy) is 1. The molecule has 0 unspecified atom stereocenters. The fourth-order valence-corrected chi connectivity index (χ4v) is 3.99. The predicted molar refractivity (Wildman–Crippen MR) is 138 cm³/mol. The van der Waals surface area contributed by atoms with Crippen molar-refractivity contribution < 1.29 is 9.53 Å². The molecule has 0 fully saturated rings. The molecule has 2 N–H and O–H groups in total. The van der Waals surface area contributed by atoms with Crippen LogP contribution in [0.3, 0.4) is 0 Å². The van der Waals surface area contributed by atoms with Gasteiger partial charge in [0.15, 0.2) is 0 Å². The molecule has 0 spiro atoms. The Morgan fingerprint density at radius 3 is 2.62 bits per heavy atom. The minimum absolute atomic E-state index is 0.222. The van der Waals surface area contributed by atoms with Crippen molar-refractivity contribution in [3.63, 3.8) is 0 Å². The molecule has 2 aromatic carbocycles. The van der Waals surface area contributed by atoms with Gasteiger partial charge < -0.3 is 19.9 Å². The number of fused-ring (bicyclic) bond motifs is 1. The molecule has 7 nitrogen and oxygen atoms in total. The number of methoxy groups -OCH3 is 1. The fraction of sp³-hybridized carbons (Fsp3) is 0.222. The van der Waals surface area contributed by atoms with Crippen LogP contribution in [0.2, 0.25) is 0 Å². The van der Waals surface area contributed by atoms with Gasteiger partial charge in [-0.3, -0.25) is 4.79 Å². The second-order valence-corrected chi connectivity index (χ2v) is 9.10. The van der Waals surface area contributed by atoms with Crippen LogP contribution in [-0.4, -0.2) is 27.6 Å². The lowest BCUT2D eigenvalue weighted by Crippen LogP contribution is -2.18. The summed E-state index contributed by atoms with van der Waals surface area (Å²) in [4.78, 5) is 21.3. The molecule has 4 aromatic rings. The molecule has 174 valence electrons. The van der Waals surface area contributed by atoms with Crippen LogP contribution >= 0.6 is 0 Å². The summed E-state index contributed by atoms with van der Waals surface area (Å²) in [5.74, 6) is 0.768. The summed E-state index contributed by atoms with van der Waals surface area (Å²) in [5.41, 5.74) is 5.00. The SMILES string of the molecule is C=CC(=O)Nc1cc(Nc2nccc(-c3cn(C)c4ccccc34)n2)c(OC)cc1C(C)(C)C. The first-order valence-electron chi connectivity index (χ1n) is 11.0. The van der Waals surface area contributed by atoms with Crippen LogP contribution in [0.1, 0.15) is 26.3 Å². The van der Waals surface area contributed by atoms with E-state index in [0.717, 1.165) is 27.7 Å². The number of nitrogens with zero attached hydrogens (tertiary/aromatic N) is 3. The van der Waals surface area contributed by atoms with Crippen LogP contribution in [0.4, 0.5) is 17.3 Å². The van der Waals surface area contributed by atoms with E-state index in [1.807, 2.05) is 37.4 Å². The van der Waals surface area contributed by atoms with E-state index in [-0.39, 0.29) is 11.3 Å². The summed E-state index contributed by atoms with van der Waals surface area (Å²) in [6.45, 7) is 9.80. The highest BCUT2D eigenvalue weighted by Crippen LogP contribution is 2.39. The number of hydrogen-bond donors (Lipinski definition) is 2. The first kappa shape index (κ1) is 23.0. The summed E-state index contributed by atoms with van der Waals surface area (Å²) < 4.78 is 7.75. The van der Waals surface area contributed by atoms with Gasteiger partial charge in [0.2, 0.25) is 11.9 Å². The number of anilines is 3. The largest absolute Gasteiger partial charge is 0.495 e. The second-order valence-electron chi connectivity index (χ2n) is 9.10. The summed E-state index contributed by atoms with van der Waals surface area (Å²) in [6, 6.07) is 13.9. The molecule has 4 rings (SSSR count). The van der Waals surface area contributed by atoms with Crippen LogP contribution < -0.4 is 15.4 Å². The Bertz CT molecular complexity index is 1380. The zero-order chi connectivity index (χ0) is 24.5. The topological polar surface area (TPSA) is 81.1 Å². The lowest BCUT2D eigenvalue weighted by Gasteiger charge is -2.25. The van der Waals surface area contributed by atoms with Gasteiger partial charge >= 0.3 is 0 Å². The van der Waals surface area contributed by atoms with Gasteiger partial charge in [-0.05, 0) is 41.3 Å². The van der Waals surface area contributed by atoms with E-state index in [0.29, 0.717) is 23.1 Å². The Morgan fingerprint density at radius 2 is 1.91 bits per heavy atom. The van der Waals surface area contributed by atoms with Gasteiger partial charge in [0.05, 0.1) is 18.5 Å². The van der Waals surface area contributed by atoms with Crippen molar-refractivity contribution in [3.05, 3.63) is 73.1 Å². The van der Waals surface area contributed by atoms with Crippen LogP contribution in [0.25, 0.3) is 22.2 Å². The second kappa shape index (κ2) is 9.02. The van der Waals surface area contributed by atoms with E-state index < -0.39 is 0 Å². The van der Waals surface area contributed by atoms with Crippen molar-refractivity contribution in [2.75, 3.05) is 17.7 Å². The number of para-hydroxylation sites is 1. The summed E-state index contributed by atoms with van der Waals surface area (Å²) in [6.07, 6.45) is 5.04. The normalized spacial score (nSPS) is 11.3. The third-order valence-electron chi connectivity index (χ3n) is 5.67. The number of benzene rings is 2. The number of hydrogen-bond acceptors (Lipinski definition) is 5. The molecule has 0 radical (unpaired) electrons. The maximum atomic E-state index is 12.1. The fourth-order valence-electron chi connectivity index (χ4n) is 3.99. The Hall–Kier alpha value is -4.13. The van der Waals surface area contributed by atoms with Crippen LogP contribution in [0.15, 0.2) is 67.5 Å². The minimum atomic E-state index is -0.282. The molecular formula is C27H29N5O2. The number of carbonyl (C=O) groups is 1. The van der Waals surface area contributed by atoms with Gasteiger partial charge in [0.1, 0.15) is 5.75 Å². The van der Waals surface area contributed by atoms with Crippen molar-refractivity contribution >= 4 is 34.1 Å². The van der Waals surface area contributed by atoms with Crippen LogP contribution in [0, 0.1) is 0 Å². The van der Waals surface area contributed by atoms with Gasteiger partial charge in [0, 0.05) is 41.6 Å².